The van der Waals surface area contributed by atoms with E-state index in [9.17, 15) is 13.2 Å². The summed E-state index contributed by atoms with van der Waals surface area (Å²) in [5.74, 6) is -0.432. The molecule has 0 atom stereocenters. The molecule has 122 valence electrons. The lowest BCUT2D eigenvalue weighted by Gasteiger charge is -2.23. The maximum atomic E-state index is 12.3. The third-order valence-electron chi connectivity index (χ3n) is 2.96. The summed E-state index contributed by atoms with van der Waals surface area (Å²) >= 11 is 6.65. The summed E-state index contributed by atoms with van der Waals surface area (Å²) in [6, 6.07) is 14.0. The van der Waals surface area contributed by atoms with Crippen molar-refractivity contribution in [3.8, 4) is 0 Å². The first-order valence-electron chi connectivity index (χ1n) is 6.55. The first-order chi connectivity index (χ1) is 10.8. The molecule has 1 amide bonds. The van der Waals surface area contributed by atoms with Gasteiger partial charge in [-0.1, -0.05) is 24.3 Å². The van der Waals surface area contributed by atoms with Gasteiger partial charge in [0.15, 0.2) is 0 Å². The molecule has 0 saturated heterocycles. The maximum absolute atomic E-state index is 12.3. The van der Waals surface area contributed by atoms with Crippen LogP contribution >= 0.6 is 31.9 Å². The summed E-state index contributed by atoms with van der Waals surface area (Å²) in [7, 11) is -3.61. The number of rotatable bonds is 5. The Labute approximate surface area is 152 Å². The summed E-state index contributed by atoms with van der Waals surface area (Å²) in [5.41, 5.74) is 0.996. The summed E-state index contributed by atoms with van der Waals surface area (Å²) in [5, 5.41) is 2.69. The predicted molar refractivity (Wildman–Crippen MR) is 99.1 cm³/mol. The van der Waals surface area contributed by atoms with Crippen LogP contribution in [0.25, 0.3) is 0 Å². The van der Waals surface area contributed by atoms with E-state index < -0.39 is 15.9 Å². The van der Waals surface area contributed by atoms with E-state index in [1.54, 1.807) is 42.5 Å². The molecule has 2 aromatic rings. The zero-order valence-electron chi connectivity index (χ0n) is 12.2. The summed E-state index contributed by atoms with van der Waals surface area (Å²) in [6.45, 7) is -0.317. The van der Waals surface area contributed by atoms with Gasteiger partial charge in [-0.25, -0.2) is 8.42 Å². The lowest BCUT2D eigenvalue weighted by atomic mass is 10.3. The number of benzene rings is 2. The number of halogens is 2. The highest BCUT2D eigenvalue weighted by Gasteiger charge is 2.22. The average molecular weight is 462 g/mol. The van der Waals surface area contributed by atoms with Crippen LogP contribution in [-0.2, 0) is 14.8 Å². The van der Waals surface area contributed by atoms with Crippen LogP contribution in [0, 0.1) is 0 Å². The number of hydrogen-bond acceptors (Lipinski definition) is 3. The number of carbonyl (C=O) groups is 1. The van der Waals surface area contributed by atoms with Crippen LogP contribution in [0.5, 0.6) is 0 Å². The molecule has 0 aliphatic heterocycles. The molecule has 0 aromatic heterocycles. The van der Waals surface area contributed by atoms with Crippen LogP contribution in [0.3, 0.4) is 0 Å². The highest BCUT2D eigenvalue weighted by atomic mass is 79.9. The summed E-state index contributed by atoms with van der Waals surface area (Å²) in [4.78, 5) is 12.3. The first kappa shape index (κ1) is 18.0. The minimum absolute atomic E-state index is 0.317. The van der Waals surface area contributed by atoms with Gasteiger partial charge in [-0.2, -0.15) is 0 Å². The molecule has 0 spiro atoms. The minimum Gasteiger partial charge on any atom is -0.323 e. The summed E-state index contributed by atoms with van der Waals surface area (Å²) < 4.78 is 26.5. The van der Waals surface area contributed by atoms with Crippen molar-refractivity contribution in [3.05, 3.63) is 57.5 Å². The molecule has 1 N–H and O–H groups in total. The molecule has 5 nitrogen and oxygen atoms in total. The summed E-state index contributed by atoms with van der Waals surface area (Å²) in [6.07, 6.45) is 1.07. The van der Waals surface area contributed by atoms with Gasteiger partial charge in [0.2, 0.25) is 15.9 Å². The van der Waals surface area contributed by atoms with E-state index in [-0.39, 0.29) is 6.54 Å². The van der Waals surface area contributed by atoms with Gasteiger partial charge in [-0.05, 0) is 56.1 Å². The van der Waals surface area contributed by atoms with E-state index in [1.165, 1.54) is 0 Å². The van der Waals surface area contributed by atoms with Gasteiger partial charge in [-0.3, -0.25) is 9.10 Å². The predicted octanol–water partition coefficient (Wildman–Crippen LogP) is 3.62. The fourth-order valence-electron chi connectivity index (χ4n) is 1.92. The zero-order valence-corrected chi connectivity index (χ0v) is 16.2. The van der Waals surface area contributed by atoms with Crippen molar-refractivity contribution in [2.45, 2.75) is 0 Å². The Morgan fingerprint density at radius 2 is 1.61 bits per heavy atom. The minimum atomic E-state index is -3.61. The molecule has 0 bridgehead atoms. The number of nitrogens with one attached hydrogen (secondary N) is 1. The van der Waals surface area contributed by atoms with Crippen LogP contribution in [0.4, 0.5) is 11.4 Å². The normalized spacial score (nSPS) is 11.1. The fourth-order valence-corrected chi connectivity index (χ4v) is 3.79. The number of carbonyl (C=O) groups excluding carboxylic acids is 1. The maximum Gasteiger partial charge on any atom is 0.245 e. The Kier molecular flexibility index (Phi) is 5.83. The van der Waals surface area contributed by atoms with Crippen LogP contribution in [0.1, 0.15) is 0 Å². The molecule has 23 heavy (non-hydrogen) atoms. The van der Waals surface area contributed by atoms with Gasteiger partial charge >= 0.3 is 0 Å². The molecule has 0 unspecified atom stereocenters. The molecule has 2 rings (SSSR count). The van der Waals surface area contributed by atoms with Crippen molar-refractivity contribution < 1.29 is 13.2 Å². The van der Waals surface area contributed by atoms with E-state index in [2.05, 4.69) is 37.2 Å². The molecular weight excluding hydrogens is 448 g/mol. The molecule has 8 heteroatoms. The zero-order chi connectivity index (χ0) is 17.0. The van der Waals surface area contributed by atoms with Crippen molar-refractivity contribution in [2.24, 2.45) is 0 Å². The standard InChI is InChI=1S/C15H14Br2N2O3S/c1-23(21,22)19(14-9-5-3-7-12(14)17)10-15(20)18-13-8-4-2-6-11(13)16/h2-9H,10H2,1H3,(H,18,20). The topological polar surface area (TPSA) is 66.5 Å². The number of hydrogen-bond donors (Lipinski definition) is 1. The second-order valence-corrected chi connectivity index (χ2v) is 8.36. The van der Waals surface area contributed by atoms with E-state index in [0.29, 0.717) is 15.8 Å². The number of anilines is 2. The average Bonchev–Trinajstić information content (AvgIpc) is 2.47. The van der Waals surface area contributed by atoms with E-state index in [4.69, 9.17) is 0 Å². The number of para-hydroxylation sites is 2. The quantitative estimate of drug-likeness (QED) is 0.739. The van der Waals surface area contributed by atoms with Gasteiger partial charge in [0.25, 0.3) is 0 Å². The smallest absolute Gasteiger partial charge is 0.245 e. The van der Waals surface area contributed by atoms with E-state index in [1.807, 2.05) is 6.07 Å². The third-order valence-corrected chi connectivity index (χ3v) is 5.45. The Bertz CT molecular complexity index is 825. The second kappa shape index (κ2) is 7.46. The molecule has 2 aromatic carbocycles. The lowest BCUT2D eigenvalue weighted by Crippen LogP contribution is -2.37. The third kappa shape index (κ3) is 4.79. The van der Waals surface area contributed by atoms with Gasteiger partial charge in [0.1, 0.15) is 6.54 Å². The van der Waals surface area contributed by atoms with Gasteiger partial charge < -0.3 is 5.32 Å². The van der Waals surface area contributed by atoms with Gasteiger partial charge in [0, 0.05) is 8.95 Å². The Balaban J connectivity index is 2.24. The van der Waals surface area contributed by atoms with E-state index >= 15 is 0 Å². The van der Waals surface area contributed by atoms with Crippen molar-refractivity contribution in [1.82, 2.24) is 0 Å². The molecule has 0 heterocycles. The molecule has 0 radical (unpaired) electrons. The first-order valence-corrected chi connectivity index (χ1v) is 9.99. The highest BCUT2D eigenvalue weighted by Crippen LogP contribution is 2.28. The molecular formula is C15H14Br2N2O3S. The molecule has 0 saturated carbocycles. The Morgan fingerprint density at radius 3 is 2.17 bits per heavy atom. The largest absolute Gasteiger partial charge is 0.323 e. The number of amides is 1. The van der Waals surface area contributed by atoms with Crippen LogP contribution in [0.15, 0.2) is 57.5 Å². The van der Waals surface area contributed by atoms with Crippen molar-refractivity contribution in [1.29, 1.82) is 0 Å². The molecule has 0 aliphatic rings. The van der Waals surface area contributed by atoms with Crippen LogP contribution in [-0.4, -0.2) is 27.1 Å². The van der Waals surface area contributed by atoms with Crippen LogP contribution < -0.4 is 9.62 Å². The SMILES string of the molecule is CS(=O)(=O)N(CC(=O)Nc1ccccc1Br)c1ccccc1Br. The molecule has 0 fully saturated rings. The van der Waals surface area contributed by atoms with E-state index in [0.717, 1.165) is 15.0 Å². The highest BCUT2D eigenvalue weighted by molar-refractivity contribution is 9.11. The second-order valence-electron chi connectivity index (χ2n) is 4.75. The molecule has 0 aliphatic carbocycles. The van der Waals surface area contributed by atoms with Gasteiger partial charge in [-0.15, -0.1) is 0 Å². The Hall–Kier alpha value is -1.38. The lowest BCUT2D eigenvalue weighted by molar-refractivity contribution is -0.114. The van der Waals surface area contributed by atoms with Crippen LogP contribution in [0.2, 0.25) is 0 Å². The van der Waals surface area contributed by atoms with Crippen molar-refractivity contribution in [3.63, 3.8) is 0 Å². The number of nitrogens with zero attached hydrogens (tertiary/aromatic N) is 1. The van der Waals surface area contributed by atoms with Gasteiger partial charge in [0.05, 0.1) is 17.6 Å². The Morgan fingerprint density at radius 1 is 1.04 bits per heavy atom. The number of sulfonamides is 1. The van der Waals surface area contributed by atoms with Crippen molar-refractivity contribution >= 4 is 59.2 Å². The van der Waals surface area contributed by atoms with Crippen molar-refractivity contribution in [2.75, 3.05) is 22.4 Å². The fraction of sp³-hybridized carbons (Fsp3) is 0.133. The monoisotopic (exact) mass is 460 g/mol.